The van der Waals surface area contributed by atoms with E-state index in [1.54, 1.807) is 18.3 Å². The van der Waals surface area contributed by atoms with Crippen LogP contribution in [0.3, 0.4) is 0 Å². The third kappa shape index (κ3) is 4.98. The molecule has 1 fully saturated rings. The molecule has 1 amide bonds. The summed E-state index contributed by atoms with van der Waals surface area (Å²) in [5, 5.41) is 12.3. The van der Waals surface area contributed by atoms with Crippen molar-refractivity contribution >= 4 is 11.7 Å². The molecule has 7 heteroatoms. The molecule has 0 spiro atoms. The van der Waals surface area contributed by atoms with Gasteiger partial charge in [0.05, 0.1) is 5.56 Å². The van der Waals surface area contributed by atoms with E-state index >= 15 is 0 Å². The molecule has 0 radical (unpaired) electrons. The summed E-state index contributed by atoms with van der Waals surface area (Å²) in [7, 11) is 0. The Morgan fingerprint density at radius 3 is 2.55 bits per heavy atom. The Labute approximate surface area is 181 Å². The lowest BCUT2D eigenvalue weighted by molar-refractivity contribution is 0.0942. The summed E-state index contributed by atoms with van der Waals surface area (Å²) < 4.78 is 5.90. The number of nitrogens with zero attached hydrogens (tertiary/aromatic N) is 4. The molecule has 1 aromatic heterocycles. The van der Waals surface area contributed by atoms with E-state index < -0.39 is 0 Å². The predicted molar refractivity (Wildman–Crippen MR) is 117 cm³/mol. The number of anilines is 1. The van der Waals surface area contributed by atoms with Crippen molar-refractivity contribution in [3.63, 3.8) is 0 Å². The number of carbonyl (C=O) groups excluding carboxylic acids is 1. The zero-order valence-electron chi connectivity index (χ0n) is 17.1. The van der Waals surface area contributed by atoms with Crippen molar-refractivity contribution in [1.82, 2.24) is 15.3 Å². The number of para-hydroxylation sites is 2. The molecular formula is C24H23N5O2. The lowest BCUT2D eigenvalue weighted by atomic mass is 9.96. The van der Waals surface area contributed by atoms with Gasteiger partial charge in [0.15, 0.2) is 11.5 Å². The van der Waals surface area contributed by atoms with Crippen molar-refractivity contribution in [2.24, 2.45) is 5.92 Å². The van der Waals surface area contributed by atoms with Crippen LogP contribution in [0.4, 0.5) is 5.82 Å². The maximum atomic E-state index is 12.8. The van der Waals surface area contributed by atoms with Crippen LogP contribution in [0.25, 0.3) is 0 Å². The number of rotatable bonds is 6. The van der Waals surface area contributed by atoms with E-state index in [1.165, 1.54) is 6.20 Å². The quantitative estimate of drug-likeness (QED) is 0.661. The molecule has 0 unspecified atom stereocenters. The highest BCUT2D eigenvalue weighted by atomic mass is 16.5. The largest absolute Gasteiger partial charge is 0.457 e. The summed E-state index contributed by atoms with van der Waals surface area (Å²) in [5.41, 5.74) is 0.867. The van der Waals surface area contributed by atoms with Crippen molar-refractivity contribution in [3.05, 3.63) is 78.2 Å². The summed E-state index contributed by atoms with van der Waals surface area (Å²) in [6.07, 6.45) is 4.95. The van der Waals surface area contributed by atoms with Crippen LogP contribution in [0.2, 0.25) is 0 Å². The van der Waals surface area contributed by atoms with Crippen LogP contribution < -0.4 is 15.0 Å². The number of ether oxygens (including phenoxy) is 1. The van der Waals surface area contributed by atoms with Crippen LogP contribution in [0, 0.1) is 17.2 Å². The van der Waals surface area contributed by atoms with Gasteiger partial charge in [-0.2, -0.15) is 5.26 Å². The Morgan fingerprint density at radius 2 is 1.77 bits per heavy atom. The molecule has 0 aliphatic carbocycles. The van der Waals surface area contributed by atoms with Crippen molar-refractivity contribution in [2.45, 2.75) is 12.8 Å². The average molecular weight is 413 g/mol. The molecule has 156 valence electrons. The van der Waals surface area contributed by atoms with Gasteiger partial charge < -0.3 is 15.0 Å². The van der Waals surface area contributed by atoms with Crippen molar-refractivity contribution in [1.29, 1.82) is 5.26 Å². The van der Waals surface area contributed by atoms with Gasteiger partial charge in [-0.3, -0.25) is 4.79 Å². The summed E-state index contributed by atoms with van der Waals surface area (Å²) in [6.45, 7) is 2.15. The highest BCUT2D eigenvalue weighted by molar-refractivity contribution is 5.97. The van der Waals surface area contributed by atoms with Crippen LogP contribution in [0.5, 0.6) is 11.5 Å². The first-order valence-electron chi connectivity index (χ1n) is 10.3. The molecule has 31 heavy (non-hydrogen) atoms. The first-order chi connectivity index (χ1) is 15.2. The van der Waals surface area contributed by atoms with Crippen LogP contribution in [0.1, 0.15) is 28.9 Å². The third-order valence-corrected chi connectivity index (χ3v) is 5.35. The fourth-order valence-electron chi connectivity index (χ4n) is 3.68. The molecule has 0 saturated carbocycles. The van der Waals surface area contributed by atoms with E-state index in [2.05, 4.69) is 26.3 Å². The number of hydrogen-bond acceptors (Lipinski definition) is 6. The maximum Gasteiger partial charge on any atom is 0.255 e. The van der Waals surface area contributed by atoms with E-state index in [0.29, 0.717) is 41.0 Å². The van der Waals surface area contributed by atoms with Crippen LogP contribution in [0.15, 0.2) is 67.0 Å². The molecular weight excluding hydrogens is 390 g/mol. The summed E-state index contributed by atoms with van der Waals surface area (Å²) in [4.78, 5) is 23.3. The molecule has 0 bridgehead atoms. The summed E-state index contributed by atoms with van der Waals surface area (Å²) in [6, 6.07) is 18.8. The molecule has 1 saturated heterocycles. The Bertz CT molecular complexity index is 1070. The molecule has 1 aliphatic rings. The normalized spacial score (nSPS) is 14.0. The average Bonchev–Trinajstić information content (AvgIpc) is 2.84. The number of benzene rings is 2. The number of carbonyl (C=O) groups is 1. The molecule has 1 aliphatic heterocycles. The first-order valence-corrected chi connectivity index (χ1v) is 10.3. The Balaban J connectivity index is 1.33. The number of nitriles is 1. The monoisotopic (exact) mass is 413 g/mol. The van der Waals surface area contributed by atoms with Gasteiger partial charge in [0.2, 0.25) is 0 Å². The summed E-state index contributed by atoms with van der Waals surface area (Å²) >= 11 is 0. The van der Waals surface area contributed by atoms with Crippen LogP contribution >= 0.6 is 0 Å². The van der Waals surface area contributed by atoms with Gasteiger partial charge in [-0.25, -0.2) is 9.97 Å². The van der Waals surface area contributed by atoms with Gasteiger partial charge in [0.25, 0.3) is 5.91 Å². The van der Waals surface area contributed by atoms with Crippen LogP contribution in [-0.4, -0.2) is 35.5 Å². The van der Waals surface area contributed by atoms with E-state index in [-0.39, 0.29) is 5.91 Å². The maximum absolute atomic E-state index is 12.8. The number of nitrogens with one attached hydrogen (secondary N) is 1. The minimum absolute atomic E-state index is 0.144. The van der Waals surface area contributed by atoms with E-state index in [0.717, 1.165) is 25.9 Å². The molecule has 0 atom stereocenters. The Kier molecular flexibility index (Phi) is 6.38. The molecule has 4 rings (SSSR count). The van der Waals surface area contributed by atoms with E-state index in [4.69, 9.17) is 4.74 Å². The second-order valence-electron chi connectivity index (χ2n) is 7.39. The van der Waals surface area contributed by atoms with Crippen molar-refractivity contribution in [2.75, 3.05) is 24.5 Å². The molecule has 1 N–H and O–H groups in total. The second-order valence-corrected chi connectivity index (χ2v) is 7.39. The van der Waals surface area contributed by atoms with E-state index in [9.17, 15) is 10.1 Å². The Hall–Kier alpha value is -3.92. The van der Waals surface area contributed by atoms with Gasteiger partial charge in [-0.1, -0.05) is 30.3 Å². The number of hydrogen-bond donors (Lipinski definition) is 1. The molecule has 2 aromatic carbocycles. The zero-order valence-corrected chi connectivity index (χ0v) is 17.1. The highest BCUT2D eigenvalue weighted by Crippen LogP contribution is 2.26. The first kappa shape index (κ1) is 20.4. The van der Waals surface area contributed by atoms with Crippen LogP contribution in [-0.2, 0) is 0 Å². The predicted octanol–water partition coefficient (Wildman–Crippen LogP) is 3.79. The van der Waals surface area contributed by atoms with Gasteiger partial charge in [-0.15, -0.1) is 0 Å². The third-order valence-electron chi connectivity index (χ3n) is 5.35. The smallest absolute Gasteiger partial charge is 0.255 e. The molecule has 3 aromatic rings. The molecule has 2 heterocycles. The fraction of sp³-hybridized carbons (Fsp3) is 0.250. The molecule has 7 nitrogen and oxygen atoms in total. The minimum atomic E-state index is -0.144. The number of piperidine rings is 1. The van der Waals surface area contributed by atoms with Gasteiger partial charge in [-0.05, 0) is 43.0 Å². The van der Waals surface area contributed by atoms with Crippen molar-refractivity contribution < 1.29 is 9.53 Å². The van der Waals surface area contributed by atoms with Gasteiger partial charge in [0.1, 0.15) is 17.6 Å². The van der Waals surface area contributed by atoms with Crippen molar-refractivity contribution in [3.8, 4) is 17.6 Å². The van der Waals surface area contributed by atoms with Gasteiger partial charge in [0, 0.05) is 32.0 Å². The minimum Gasteiger partial charge on any atom is -0.457 e. The number of aromatic nitrogens is 2. The number of amides is 1. The fourth-order valence-corrected chi connectivity index (χ4v) is 3.68. The highest BCUT2D eigenvalue weighted by Gasteiger charge is 2.23. The van der Waals surface area contributed by atoms with E-state index in [1.807, 2.05) is 42.5 Å². The lowest BCUT2D eigenvalue weighted by Crippen LogP contribution is -2.39. The SMILES string of the molecule is N#Cc1nccnc1N1CCC(CNC(=O)c2ccccc2Oc2ccccc2)CC1. The second kappa shape index (κ2) is 9.72. The lowest BCUT2D eigenvalue weighted by Gasteiger charge is -2.32. The Morgan fingerprint density at radius 1 is 1.06 bits per heavy atom. The zero-order chi connectivity index (χ0) is 21.5. The standard InChI is InChI=1S/C24H23N5O2/c25-16-21-23(27-13-12-26-21)29-14-10-18(11-15-29)17-28-24(30)20-8-4-5-9-22(20)31-19-6-2-1-3-7-19/h1-9,12-13,18H,10-11,14-15,17H2,(H,28,30). The van der Waals surface area contributed by atoms with Gasteiger partial charge >= 0.3 is 0 Å². The summed E-state index contributed by atoms with van der Waals surface area (Å²) in [5.74, 6) is 2.09. The topological polar surface area (TPSA) is 91.1 Å².